The van der Waals surface area contributed by atoms with Crippen LogP contribution in [0.25, 0.3) is 0 Å². The van der Waals surface area contributed by atoms with Crippen LogP contribution in [0.1, 0.15) is 24.5 Å². The molecule has 0 aromatic heterocycles. The number of hydrogen-bond donors (Lipinski definition) is 3. The second-order valence-corrected chi connectivity index (χ2v) is 6.52. The number of aliphatic hydroxyl groups is 2. The van der Waals surface area contributed by atoms with Crippen LogP contribution in [-0.2, 0) is 14.7 Å². The summed E-state index contributed by atoms with van der Waals surface area (Å²) < 4.78 is 5.33. The van der Waals surface area contributed by atoms with Gasteiger partial charge in [-0.05, 0) is 30.5 Å². The molecule has 1 aromatic rings. The molecule has 1 heterocycles. The molecule has 7 nitrogen and oxygen atoms in total. The highest BCUT2D eigenvalue weighted by Crippen LogP contribution is 2.25. The van der Waals surface area contributed by atoms with Gasteiger partial charge >= 0.3 is 0 Å². The average molecular weight is 378 g/mol. The first-order chi connectivity index (χ1) is 11.4. The topological polar surface area (TPSA) is 102 Å². The Morgan fingerprint density at radius 1 is 1.38 bits per heavy atom. The predicted octanol–water partition coefficient (Wildman–Crippen LogP) is 1.29. The smallest absolute Gasteiger partial charge is 0.253 e. The number of amides is 1. The molecule has 0 aliphatic carbocycles. The van der Waals surface area contributed by atoms with Crippen LogP contribution in [0.4, 0.5) is 5.69 Å². The number of hydroxylamine groups is 1. The summed E-state index contributed by atoms with van der Waals surface area (Å²) in [6.07, 6.45) is -0.150. The SMILES string of the molecule is [O]N(c1ccc([C@@H](O)[C@@H](CO)NC(=O)C(Cl)Cl)cc1)C1CCCO1. The van der Waals surface area contributed by atoms with Gasteiger partial charge in [-0.1, -0.05) is 40.5 Å². The van der Waals surface area contributed by atoms with Crippen LogP contribution < -0.4 is 10.4 Å². The number of carbonyl (C=O) groups excluding carboxylic acids is 1. The van der Waals surface area contributed by atoms with E-state index >= 15 is 0 Å². The lowest BCUT2D eigenvalue weighted by Crippen LogP contribution is -2.44. The van der Waals surface area contributed by atoms with E-state index in [0.29, 0.717) is 24.3 Å². The van der Waals surface area contributed by atoms with Gasteiger partial charge in [-0.2, -0.15) is 5.06 Å². The number of ether oxygens (including phenoxy) is 1. The fourth-order valence-electron chi connectivity index (χ4n) is 2.43. The normalized spacial score (nSPS) is 20.0. The van der Waals surface area contributed by atoms with Crippen molar-refractivity contribution in [2.45, 2.75) is 36.1 Å². The molecule has 1 saturated heterocycles. The van der Waals surface area contributed by atoms with Crippen molar-refractivity contribution in [1.82, 2.24) is 5.32 Å². The number of halogens is 2. The largest absolute Gasteiger partial charge is 0.394 e. The monoisotopic (exact) mass is 377 g/mol. The summed E-state index contributed by atoms with van der Waals surface area (Å²) in [5, 5.41) is 34.9. The number of benzene rings is 1. The van der Waals surface area contributed by atoms with Gasteiger partial charge in [0.15, 0.2) is 11.1 Å². The van der Waals surface area contributed by atoms with Gasteiger partial charge < -0.3 is 20.3 Å². The van der Waals surface area contributed by atoms with E-state index in [1.54, 1.807) is 24.3 Å². The predicted molar refractivity (Wildman–Crippen MR) is 88.1 cm³/mol. The summed E-state index contributed by atoms with van der Waals surface area (Å²) in [5.41, 5.74) is 0.837. The van der Waals surface area contributed by atoms with E-state index in [0.717, 1.165) is 11.5 Å². The Morgan fingerprint density at radius 3 is 2.54 bits per heavy atom. The van der Waals surface area contributed by atoms with Crippen molar-refractivity contribution in [2.75, 3.05) is 18.3 Å². The van der Waals surface area contributed by atoms with E-state index in [1.165, 1.54) is 0 Å². The third-order valence-electron chi connectivity index (χ3n) is 3.76. The van der Waals surface area contributed by atoms with Gasteiger partial charge in [0.05, 0.1) is 18.3 Å². The van der Waals surface area contributed by atoms with Crippen LogP contribution in [0.3, 0.4) is 0 Å². The summed E-state index contributed by atoms with van der Waals surface area (Å²) in [7, 11) is 0. The molecule has 0 spiro atoms. The molecule has 1 aliphatic rings. The molecular weight excluding hydrogens is 359 g/mol. The molecule has 24 heavy (non-hydrogen) atoms. The Kier molecular flexibility index (Phi) is 7.09. The van der Waals surface area contributed by atoms with Gasteiger partial charge in [0, 0.05) is 6.61 Å². The Hall–Kier alpha value is -1.09. The van der Waals surface area contributed by atoms with E-state index in [1.807, 2.05) is 0 Å². The molecule has 1 fully saturated rings. The van der Waals surface area contributed by atoms with Gasteiger partial charge in [-0.3, -0.25) is 4.79 Å². The van der Waals surface area contributed by atoms with Gasteiger partial charge in [0.2, 0.25) is 0 Å². The maximum atomic E-state index is 12.1. The van der Waals surface area contributed by atoms with E-state index < -0.39 is 35.7 Å². The van der Waals surface area contributed by atoms with Crippen molar-refractivity contribution in [3.05, 3.63) is 29.8 Å². The van der Waals surface area contributed by atoms with Gasteiger partial charge in [0.1, 0.15) is 6.10 Å². The number of carbonyl (C=O) groups is 1. The Balaban J connectivity index is 2.03. The van der Waals surface area contributed by atoms with E-state index in [9.17, 15) is 20.2 Å². The molecule has 9 heteroatoms. The van der Waals surface area contributed by atoms with Crippen molar-refractivity contribution in [3.8, 4) is 0 Å². The van der Waals surface area contributed by atoms with Crippen molar-refractivity contribution >= 4 is 34.8 Å². The number of aliphatic hydroxyl groups excluding tert-OH is 2. The molecule has 1 unspecified atom stereocenters. The number of alkyl halides is 2. The first-order valence-electron chi connectivity index (χ1n) is 7.49. The maximum absolute atomic E-state index is 12.1. The molecule has 2 rings (SSSR count). The lowest BCUT2D eigenvalue weighted by atomic mass is 10.0. The number of hydrogen-bond acceptors (Lipinski definition) is 5. The first-order valence-corrected chi connectivity index (χ1v) is 8.36. The summed E-state index contributed by atoms with van der Waals surface area (Å²) in [6.45, 7) is 0.0684. The molecule has 0 saturated carbocycles. The zero-order valence-electron chi connectivity index (χ0n) is 12.8. The molecular formula is C15H19Cl2N2O5. The Bertz CT molecular complexity index is 537. The van der Waals surface area contributed by atoms with E-state index in [-0.39, 0.29) is 0 Å². The van der Waals surface area contributed by atoms with Crippen LogP contribution in [0.5, 0.6) is 0 Å². The fraction of sp³-hybridized carbons (Fsp3) is 0.533. The summed E-state index contributed by atoms with van der Waals surface area (Å²) in [5.74, 6) is -0.711. The molecule has 3 N–H and O–H groups in total. The quantitative estimate of drug-likeness (QED) is 0.490. The zero-order valence-corrected chi connectivity index (χ0v) is 14.3. The standard InChI is InChI=1S/C15H19Cl2N2O5/c16-14(17)15(22)18-11(8-20)13(21)9-3-5-10(6-4-9)19(23)12-2-1-7-24-12/h3-6,11-14,20-21H,1-2,7-8H2,(H,18,22)/t11-,12?,13-/m1/s1. The zero-order chi connectivity index (χ0) is 17.7. The van der Waals surface area contributed by atoms with Crippen molar-refractivity contribution in [3.63, 3.8) is 0 Å². The molecule has 1 aromatic carbocycles. The Labute approximate surface area is 149 Å². The van der Waals surface area contributed by atoms with Crippen LogP contribution in [-0.4, -0.2) is 46.4 Å². The van der Waals surface area contributed by atoms with E-state index in [4.69, 9.17) is 27.9 Å². The lowest BCUT2D eigenvalue weighted by Gasteiger charge is -2.24. The number of anilines is 1. The lowest BCUT2D eigenvalue weighted by molar-refractivity contribution is -0.121. The highest BCUT2D eigenvalue weighted by molar-refractivity contribution is 6.53. The Morgan fingerprint density at radius 2 is 2.04 bits per heavy atom. The van der Waals surface area contributed by atoms with Crippen LogP contribution in [0.2, 0.25) is 0 Å². The highest BCUT2D eigenvalue weighted by atomic mass is 35.5. The van der Waals surface area contributed by atoms with Crippen LogP contribution in [0.15, 0.2) is 24.3 Å². The summed E-state index contributed by atoms with van der Waals surface area (Å²) >= 11 is 10.9. The van der Waals surface area contributed by atoms with Crippen molar-refractivity contribution < 1.29 is 25.0 Å². The summed E-state index contributed by atoms with van der Waals surface area (Å²) in [4.78, 5) is 10.2. The van der Waals surface area contributed by atoms with Crippen LogP contribution in [0, 0.1) is 0 Å². The second-order valence-electron chi connectivity index (χ2n) is 5.43. The number of rotatable bonds is 7. The van der Waals surface area contributed by atoms with Gasteiger partial charge in [-0.15, -0.1) is 0 Å². The third kappa shape index (κ3) is 4.72. The second kappa shape index (κ2) is 8.84. The van der Waals surface area contributed by atoms with Crippen LogP contribution >= 0.6 is 23.2 Å². The third-order valence-corrected chi connectivity index (χ3v) is 4.16. The van der Waals surface area contributed by atoms with E-state index in [2.05, 4.69) is 5.32 Å². The van der Waals surface area contributed by atoms with Crippen molar-refractivity contribution in [2.24, 2.45) is 0 Å². The molecule has 1 radical (unpaired) electrons. The maximum Gasteiger partial charge on any atom is 0.253 e. The fourth-order valence-corrected chi connectivity index (χ4v) is 2.56. The average Bonchev–Trinajstić information content (AvgIpc) is 3.12. The van der Waals surface area contributed by atoms with Crippen molar-refractivity contribution in [1.29, 1.82) is 0 Å². The summed E-state index contributed by atoms with van der Waals surface area (Å²) in [6, 6.07) is 5.23. The number of nitrogens with one attached hydrogen (secondary N) is 1. The minimum Gasteiger partial charge on any atom is -0.394 e. The molecule has 3 atom stereocenters. The minimum atomic E-state index is -1.30. The minimum absolute atomic E-state index is 0.406. The highest BCUT2D eigenvalue weighted by Gasteiger charge is 2.26. The van der Waals surface area contributed by atoms with Gasteiger partial charge in [0.25, 0.3) is 5.91 Å². The first kappa shape index (κ1) is 19.2. The molecule has 1 aliphatic heterocycles. The van der Waals surface area contributed by atoms with Gasteiger partial charge in [-0.25, -0.2) is 0 Å². The molecule has 0 bridgehead atoms. The molecule has 133 valence electrons. The number of nitrogens with zero attached hydrogens (tertiary/aromatic N) is 1. The molecule has 1 amide bonds.